The Balaban J connectivity index is 0.00000300. The quantitative estimate of drug-likeness (QED) is 0.710. The van der Waals surface area contributed by atoms with Crippen LogP contribution in [0.5, 0.6) is 0 Å². The van der Waals surface area contributed by atoms with Gasteiger partial charge in [0.15, 0.2) is 0 Å². The molecule has 6 heteroatoms. The molecule has 2 aliphatic heterocycles. The summed E-state index contributed by atoms with van der Waals surface area (Å²) in [6.45, 7) is 7.50. The van der Waals surface area contributed by atoms with E-state index in [1.54, 1.807) is 0 Å². The molecule has 3 atom stereocenters. The molecule has 2 saturated heterocycles. The van der Waals surface area contributed by atoms with Crippen molar-refractivity contribution in [1.82, 2.24) is 15.5 Å². The summed E-state index contributed by atoms with van der Waals surface area (Å²) in [7, 11) is 0. The zero-order valence-corrected chi connectivity index (χ0v) is 18.6. The summed E-state index contributed by atoms with van der Waals surface area (Å²) in [4.78, 5) is 27.0. The summed E-state index contributed by atoms with van der Waals surface area (Å²) in [5.74, 6) is 0.944. The van der Waals surface area contributed by atoms with E-state index in [1.807, 2.05) is 4.90 Å². The van der Waals surface area contributed by atoms with Crippen molar-refractivity contribution in [3.05, 3.63) is 35.4 Å². The molecule has 0 radical (unpaired) electrons. The smallest absolute Gasteiger partial charge is 0.237 e. The molecule has 2 aliphatic rings. The van der Waals surface area contributed by atoms with Crippen LogP contribution >= 0.6 is 12.4 Å². The van der Waals surface area contributed by atoms with E-state index in [4.69, 9.17) is 0 Å². The fourth-order valence-corrected chi connectivity index (χ4v) is 4.33. The molecule has 3 unspecified atom stereocenters. The molecule has 3 rings (SSSR count). The Bertz CT molecular complexity index is 659. The maximum Gasteiger partial charge on any atom is 0.237 e. The molecule has 0 aromatic heterocycles. The number of nitrogens with one attached hydrogen (secondary N) is 2. The number of amides is 2. The van der Waals surface area contributed by atoms with Gasteiger partial charge in [-0.05, 0) is 61.6 Å². The molecule has 162 valence electrons. The molecule has 2 amide bonds. The van der Waals surface area contributed by atoms with E-state index >= 15 is 0 Å². The van der Waals surface area contributed by atoms with E-state index in [1.165, 1.54) is 11.1 Å². The summed E-state index contributed by atoms with van der Waals surface area (Å²) in [5.41, 5.74) is 2.56. The number of benzene rings is 1. The van der Waals surface area contributed by atoms with Gasteiger partial charge in [-0.2, -0.15) is 0 Å². The number of aryl methyl sites for hydroxylation is 1. The van der Waals surface area contributed by atoms with Gasteiger partial charge in [-0.3, -0.25) is 9.59 Å². The summed E-state index contributed by atoms with van der Waals surface area (Å²) in [6.07, 6.45) is 5.69. The van der Waals surface area contributed by atoms with Crippen molar-refractivity contribution in [2.75, 3.05) is 26.2 Å². The minimum absolute atomic E-state index is 0. The Labute approximate surface area is 181 Å². The van der Waals surface area contributed by atoms with Gasteiger partial charge in [-0.15, -0.1) is 12.4 Å². The highest BCUT2D eigenvalue weighted by Gasteiger charge is 2.27. The lowest BCUT2D eigenvalue weighted by Crippen LogP contribution is -2.46. The summed E-state index contributed by atoms with van der Waals surface area (Å²) >= 11 is 0. The molecule has 1 aromatic carbocycles. The van der Waals surface area contributed by atoms with E-state index in [-0.39, 0.29) is 36.2 Å². The van der Waals surface area contributed by atoms with Gasteiger partial charge in [0.1, 0.15) is 0 Å². The monoisotopic (exact) mass is 421 g/mol. The molecule has 2 heterocycles. The first kappa shape index (κ1) is 23.7. The zero-order valence-electron chi connectivity index (χ0n) is 17.8. The number of halogens is 1. The van der Waals surface area contributed by atoms with Gasteiger partial charge in [0.25, 0.3) is 0 Å². The number of likely N-dealkylation sites (tertiary alicyclic amines) is 1. The fourth-order valence-electron chi connectivity index (χ4n) is 4.33. The van der Waals surface area contributed by atoms with Gasteiger partial charge in [-0.1, -0.05) is 38.1 Å². The van der Waals surface area contributed by atoms with E-state index in [0.29, 0.717) is 18.9 Å². The van der Waals surface area contributed by atoms with Crippen LogP contribution in [0.1, 0.15) is 63.0 Å². The standard InChI is InChI=1S/C23H35N3O2.ClH/c1-3-18-8-10-20(11-9-18)17(2)14-22(27)26-13-5-6-19(16-26)15-25-23(28)21-7-4-12-24-21;/h8-11,17,19,21,24H,3-7,12-16H2,1-2H3,(H,25,28);1H. The largest absolute Gasteiger partial charge is 0.354 e. The minimum Gasteiger partial charge on any atom is -0.354 e. The Hall–Kier alpha value is -1.59. The highest BCUT2D eigenvalue weighted by atomic mass is 35.5. The van der Waals surface area contributed by atoms with Crippen LogP contribution in [0.25, 0.3) is 0 Å². The molecule has 0 saturated carbocycles. The molecular weight excluding hydrogens is 386 g/mol. The van der Waals surface area contributed by atoms with Crippen LogP contribution in [0.3, 0.4) is 0 Å². The van der Waals surface area contributed by atoms with Crippen LogP contribution in [0.4, 0.5) is 0 Å². The summed E-state index contributed by atoms with van der Waals surface area (Å²) in [6, 6.07) is 8.61. The van der Waals surface area contributed by atoms with Crippen molar-refractivity contribution >= 4 is 24.2 Å². The predicted molar refractivity (Wildman–Crippen MR) is 119 cm³/mol. The van der Waals surface area contributed by atoms with Crippen molar-refractivity contribution in [2.45, 2.75) is 64.3 Å². The molecule has 0 aliphatic carbocycles. The summed E-state index contributed by atoms with van der Waals surface area (Å²) < 4.78 is 0. The average molecular weight is 422 g/mol. The Morgan fingerprint density at radius 1 is 1.21 bits per heavy atom. The first-order valence-corrected chi connectivity index (χ1v) is 10.9. The Kier molecular flexibility index (Phi) is 9.44. The molecule has 5 nitrogen and oxygen atoms in total. The van der Waals surface area contributed by atoms with Crippen LogP contribution in [-0.2, 0) is 16.0 Å². The average Bonchev–Trinajstić information content (AvgIpc) is 3.27. The van der Waals surface area contributed by atoms with Crippen molar-refractivity contribution in [3.8, 4) is 0 Å². The minimum atomic E-state index is -0.0266. The topological polar surface area (TPSA) is 61.4 Å². The lowest BCUT2D eigenvalue weighted by molar-refractivity contribution is -0.133. The van der Waals surface area contributed by atoms with E-state index in [2.05, 4.69) is 48.7 Å². The Morgan fingerprint density at radius 2 is 1.97 bits per heavy atom. The molecule has 0 spiro atoms. The van der Waals surface area contributed by atoms with Gasteiger partial charge in [0, 0.05) is 26.1 Å². The molecular formula is C23H36ClN3O2. The summed E-state index contributed by atoms with van der Waals surface area (Å²) in [5, 5.41) is 6.33. The molecule has 2 N–H and O–H groups in total. The van der Waals surface area contributed by atoms with Gasteiger partial charge < -0.3 is 15.5 Å². The number of hydrogen-bond acceptors (Lipinski definition) is 3. The molecule has 29 heavy (non-hydrogen) atoms. The van der Waals surface area contributed by atoms with Gasteiger partial charge in [0.05, 0.1) is 6.04 Å². The van der Waals surface area contributed by atoms with Crippen LogP contribution in [0, 0.1) is 5.92 Å². The lowest BCUT2D eigenvalue weighted by atomic mass is 9.94. The first-order valence-electron chi connectivity index (χ1n) is 10.9. The number of carbonyl (C=O) groups is 2. The van der Waals surface area contributed by atoms with E-state index < -0.39 is 0 Å². The fraction of sp³-hybridized carbons (Fsp3) is 0.652. The van der Waals surface area contributed by atoms with Crippen LogP contribution in [0.2, 0.25) is 0 Å². The SMILES string of the molecule is CCc1ccc(C(C)CC(=O)N2CCCC(CNC(=O)C3CCCN3)C2)cc1.Cl. The lowest BCUT2D eigenvalue weighted by Gasteiger charge is -2.33. The van der Waals surface area contributed by atoms with Crippen LogP contribution in [0.15, 0.2) is 24.3 Å². The Morgan fingerprint density at radius 3 is 2.62 bits per heavy atom. The number of piperidine rings is 1. The predicted octanol–water partition coefficient (Wildman–Crippen LogP) is 3.27. The number of carbonyl (C=O) groups excluding carboxylic acids is 2. The van der Waals surface area contributed by atoms with Crippen molar-refractivity contribution in [1.29, 1.82) is 0 Å². The number of rotatable bonds is 7. The third-order valence-corrected chi connectivity index (χ3v) is 6.25. The van der Waals surface area contributed by atoms with Crippen molar-refractivity contribution in [2.24, 2.45) is 5.92 Å². The second kappa shape index (κ2) is 11.6. The van der Waals surface area contributed by atoms with Gasteiger partial charge in [-0.25, -0.2) is 0 Å². The van der Waals surface area contributed by atoms with E-state index in [9.17, 15) is 9.59 Å². The van der Waals surface area contributed by atoms with Crippen LogP contribution in [-0.4, -0.2) is 48.9 Å². The van der Waals surface area contributed by atoms with Gasteiger partial charge in [0.2, 0.25) is 11.8 Å². The van der Waals surface area contributed by atoms with Crippen LogP contribution < -0.4 is 10.6 Å². The normalized spacial score (nSPS) is 22.6. The maximum absolute atomic E-state index is 12.8. The van der Waals surface area contributed by atoms with E-state index in [0.717, 1.165) is 51.7 Å². The highest BCUT2D eigenvalue weighted by Crippen LogP contribution is 2.23. The third kappa shape index (κ3) is 6.71. The second-order valence-corrected chi connectivity index (χ2v) is 8.44. The molecule has 1 aromatic rings. The molecule has 0 bridgehead atoms. The second-order valence-electron chi connectivity index (χ2n) is 8.44. The first-order chi connectivity index (χ1) is 13.6. The third-order valence-electron chi connectivity index (χ3n) is 6.25. The highest BCUT2D eigenvalue weighted by molar-refractivity contribution is 5.85. The maximum atomic E-state index is 12.8. The van der Waals surface area contributed by atoms with Crippen molar-refractivity contribution < 1.29 is 9.59 Å². The number of nitrogens with zero attached hydrogens (tertiary/aromatic N) is 1. The van der Waals surface area contributed by atoms with Gasteiger partial charge >= 0.3 is 0 Å². The zero-order chi connectivity index (χ0) is 19.9. The number of hydrogen-bond donors (Lipinski definition) is 2. The van der Waals surface area contributed by atoms with Crippen molar-refractivity contribution in [3.63, 3.8) is 0 Å². The molecule has 2 fully saturated rings.